The summed E-state index contributed by atoms with van der Waals surface area (Å²) in [6.07, 6.45) is 2.94. The van der Waals surface area contributed by atoms with Gasteiger partial charge in [-0.25, -0.2) is 0 Å². The first kappa shape index (κ1) is 16.4. The highest BCUT2D eigenvalue weighted by molar-refractivity contribution is 5.45. The Labute approximate surface area is 151 Å². The average Bonchev–Trinajstić information content (AvgIpc) is 3.42. The van der Waals surface area contributed by atoms with Gasteiger partial charge in [-0.15, -0.1) is 0 Å². The molecule has 4 aromatic rings. The molecule has 26 heavy (non-hydrogen) atoms. The molecule has 0 fully saturated rings. The van der Waals surface area contributed by atoms with Crippen LogP contribution in [0.2, 0.25) is 0 Å². The van der Waals surface area contributed by atoms with Crippen LogP contribution in [0.1, 0.15) is 22.6 Å². The number of aliphatic hydroxyl groups is 2. The summed E-state index contributed by atoms with van der Waals surface area (Å²) < 4.78 is 11.1. The van der Waals surface area contributed by atoms with E-state index in [2.05, 4.69) is 0 Å². The Balaban J connectivity index is 2.07. The Hall–Kier alpha value is -3.08. The van der Waals surface area contributed by atoms with Crippen molar-refractivity contribution in [1.82, 2.24) is 0 Å². The highest BCUT2D eigenvalue weighted by atomic mass is 16.4. The summed E-state index contributed by atoms with van der Waals surface area (Å²) >= 11 is 0. The SMILES string of the molecule is O[C@](c1ccccc1)(c1ccco1)[C@@](O)(c1ccccc1)c1ccco1. The van der Waals surface area contributed by atoms with Gasteiger partial charge in [0.15, 0.2) is 11.2 Å². The largest absolute Gasteiger partial charge is 0.466 e. The normalized spacial score (nSPS) is 15.9. The molecular weight excluding hydrogens is 328 g/mol. The van der Waals surface area contributed by atoms with Gasteiger partial charge in [0.1, 0.15) is 11.5 Å². The third-order valence-corrected chi connectivity index (χ3v) is 4.66. The van der Waals surface area contributed by atoms with Crippen LogP contribution >= 0.6 is 0 Å². The van der Waals surface area contributed by atoms with Gasteiger partial charge in [0.25, 0.3) is 0 Å². The molecule has 4 nitrogen and oxygen atoms in total. The number of hydrogen-bond acceptors (Lipinski definition) is 4. The molecule has 0 saturated heterocycles. The maximum Gasteiger partial charge on any atom is 0.187 e. The molecule has 0 unspecified atom stereocenters. The lowest BCUT2D eigenvalue weighted by molar-refractivity contribution is -0.133. The van der Waals surface area contributed by atoms with Gasteiger partial charge >= 0.3 is 0 Å². The standard InChI is InChI=1S/C22H18O4/c23-21(19-13-7-15-25-19,17-9-3-1-4-10-17)22(24,20-14-8-16-26-20)18-11-5-2-6-12-18/h1-16,23-24H/t21-,22-/m1/s1. The molecule has 2 N–H and O–H groups in total. The minimum Gasteiger partial charge on any atom is -0.466 e. The molecule has 0 bridgehead atoms. The van der Waals surface area contributed by atoms with Crippen molar-refractivity contribution in [2.45, 2.75) is 11.2 Å². The van der Waals surface area contributed by atoms with Gasteiger partial charge in [-0.1, -0.05) is 60.7 Å². The number of hydrogen-bond donors (Lipinski definition) is 2. The molecule has 2 aromatic heterocycles. The Morgan fingerprint density at radius 2 is 0.885 bits per heavy atom. The lowest BCUT2D eigenvalue weighted by atomic mass is 9.70. The van der Waals surface area contributed by atoms with Gasteiger partial charge in [0.05, 0.1) is 12.5 Å². The second kappa shape index (κ2) is 6.33. The summed E-state index contributed by atoms with van der Waals surface area (Å²) in [7, 11) is 0. The molecule has 0 aliphatic heterocycles. The Morgan fingerprint density at radius 1 is 0.500 bits per heavy atom. The maximum absolute atomic E-state index is 12.0. The van der Waals surface area contributed by atoms with Crippen LogP contribution in [0.4, 0.5) is 0 Å². The fraction of sp³-hybridized carbons (Fsp3) is 0.0909. The smallest absolute Gasteiger partial charge is 0.187 e. The van der Waals surface area contributed by atoms with E-state index in [1.807, 2.05) is 12.1 Å². The zero-order chi connectivity index (χ0) is 18.0. The summed E-state index contributed by atoms with van der Waals surface area (Å²) in [5.41, 5.74) is -2.84. The monoisotopic (exact) mass is 346 g/mol. The minimum atomic E-state index is -1.91. The van der Waals surface area contributed by atoms with E-state index in [1.54, 1.807) is 72.8 Å². The molecule has 0 aliphatic carbocycles. The molecule has 2 heterocycles. The van der Waals surface area contributed by atoms with Crippen LogP contribution in [0, 0.1) is 0 Å². The first-order valence-electron chi connectivity index (χ1n) is 8.31. The molecule has 130 valence electrons. The van der Waals surface area contributed by atoms with Crippen molar-refractivity contribution in [3.05, 3.63) is 120 Å². The predicted octanol–water partition coefficient (Wildman–Crippen LogP) is 4.04. The molecule has 2 aromatic carbocycles. The molecule has 4 rings (SSSR count). The van der Waals surface area contributed by atoms with Gasteiger partial charge in [0.2, 0.25) is 0 Å². The summed E-state index contributed by atoms with van der Waals surface area (Å²) in [6, 6.07) is 24.5. The second-order valence-electron chi connectivity index (χ2n) is 6.11. The van der Waals surface area contributed by atoms with Crippen LogP contribution in [-0.2, 0) is 11.2 Å². The Kier molecular flexibility index (Phi) is 3.99. The molecule has 0 amide bonds. The van der Waals surface area contributed by atoms with E-state index in [0.717, 1.165) is 0 Å². The zero-order valence-corrected chi connectivity index (χ0v) is 13.9. The summed E-state index contributed by atoms with van der Waals surface area (Å²) in [5.74, 6) is 0.429. The van der Waals surface area contributed by atoms with Crippen LogP contribution in [0.15, 0.2) is 106 Å². The molecule has 0 aliphatic rings. The van der Waals surface area contributed by atoms with Crippen LogP contribution in [0.3, 0.4) is 0 Å². The fourth-order valence-corrected chi connectivity index (χ4v) is 3.39. The Morgan fingerprint density at radius 3 is 1.19 bits per heavy atom. The minimum absolute atomic E-state index is 0.214. The van der Waals surface area contributed by atoms with E-state index in [0.29, 0.717) is 11.1 Å². The van der Waals surface area contributed by atoms with Crippen molar-refractivity contribution in [2.24, 2.45) is 0 Å². The van der Waals surface area contributed by atoms with Gasteiger partial charge < -0.3 is 19.0 Å². The van der Waals surface area contributed by atoms with Crippen LogP contribution in [-0.4, -0.2) is 10.2 Å². The number of furan rings is 2. The fourth-order valence-electron chi connectivity index (χ4n) is 3.39. The summed E-state index contributed by atoms with van der Waals surface area (Å²) in [5, 5.41) is 24.0. The third-order valence-electron chi connectivity index (χ3n) is 4.66. The van der Waals surface area contributed by atoms with Crippen LogP contribution < -0.4 is 0 Å². The van der Waals surface area contributed by atoms with Gasteiger partial charge in [-0.05, 0) is 35.4 Å². The van der Waals surface area contributed by atoms with Crippen molar-refractivity contribution in [3.63, 3.8) is 0 Å². The van der Waals surface area contributed by atoms with Gasteiger partial charge in [-0.3, -0.25) is 0 Å². The van der Waals surface area contributed by atoms with E-state index in [9.17, 15) is 10.2 Å². The Bertz CT molecular complexity index is 864. The van der Waals surface area contributed by atoms with E-state index in [4.69, 9.17) is 8.83 Å². The molecular formula is C22H18O4. The molecule has 4 heteroatoms. The van der Waals surface area contributed by atoms with Gasteiger partial charge in [-0.2, -0.15) is 0 Å². The van der Waals surface area contributed by atoms with Crippen molar-refractivity contribution in [2.75, 3.05) is 0 Å². The summed E-state index contributed by atoms with van der Waals surface area (Å²) in [4.78, 5) is 0. The first-order chi connectivity index (χ1) is 12.7. The van der Waals surface area contributed by atoms with Crippen molar-refractivity contribution < 1.29 is 19.0 Å². The third kappa shape index (κ3) is 2.31. The van der Waals surface area contributed by atoms with Gasteiger partial charge in [0, 0.05) is 0 Å². The maximum atomic E-state index is 12.0. The highest BCUT2D eigenvalue weighted by Crippen LogP contribution is 2.49. The van der Waals surface area contributed by atoms with Crippen molar-refractivity contribution in [3.8, 4) is 0 Å². The number of rotatable bonds is 5. The predicted molar refractivity (Wildman–Crippen MR) is 96.3 cm³/mol. The van der Waals surface area contributed by atoms with Crippen LogP contribution in [0.5, 0.6) is 0 Å². The zero-order valence-electron chi connectivity index (χ0n) is 13.9. The van der Waals surface area contributed by atoms with Crippen molar-refractivity contribution >= 4 is 0 Å². The first-order valence-corrected chi connectivity index (χ1v) is 8.31. The van der Waals surface area contributed by atoms with Crippen molar-refractivity contribution in [1.29, 1.82) is 0 Å². The highest BCUT2D eigenvalue weighted by Gasteiger charge is 2.58. The van der Waals surface area contributed by atoms with E-state index in [1.165, 1.54) is 12.5 Å². The molecule has 0 saturated carbocycles. The molecule has 0 radical (unpaired) electrons. The quantitative estimate of drug-likeness (QED) is 0.572. The second-order valence-corrected chi connectivity index (χ2v) is 6.11. The lowest BCUT2D eigenvalue weighted by Crippen LogP contribution is -2.50. The topological polar surface area (TPSA) is 66.7 Å². The van der Waals surface area contributed by atoms with E-state index in [-0.39, 0.29) is 11.5 Å². The van der Waals surface area contributed by atoms with E-state index >= 15 is 0 Å². The van der Waals surface area contributed by atoms with E-state index < -0.39 is 11.2 Å². The number of benzene rings is 2. The lowest BCUT2D eigenvalue weighted by Gasteiger charge is -2.41. The summed E-state index contributed by atoms with van der Waals surface area (Å²) in [6.45, 7) is 0. The molecule has 2 atom stereocenters. The van der Waals surface area contributed by atoms with Crippen LogP contribution in [0.25, 0.3) is 0 Å². The average molecular weight is 346 g/mol. The molecule has 0 spiro atoms.